The van der Waals surface area contributed by atoms with Gasteiger partial charge in [0.1, 0.15) is 0 Å². The Hall–Kier alpha value is 0.230. The molecule has 0 bridgehead atoms. The van der Waals surface area contributed by atoms with E-state index in [-0.39, 0.29) is 25.8 Å². The first-order chi connectivity index (χ1) is 7.34. The first-order valence-corrected chi connectivity index (χ1v) is 4.96. The van der Waals surface area contributed by atoms with E-state index in [1.165, 1.54) is 12.0 Å². The molecule has 1 atom stereocenters. The van der Waals surface area contributed by atoms with Crippen molar-refractivity contribution in [3.63, 3.8) is 0 Å². The Morgan fingerprint density at radius 2 is 1.62 bits per heavy atom. The molecule has 16 heavy (non-hydrogen) atoms. The topological polar surface area (TPSA) is 60.7 Å². The minimum absolute atomic E-state index is 0. The molecule has 0 radical (unpaired) electrons. The summed E-state index contributed by atoms with van der Waals surface area (Å²) in [7, 11) is 3.00. The first kappa shape index (κ1) is 25.2. The van der Waals surface area contributed by atoms with Crippen LogP contribution in [-0.4, -0.2) is 36.6 Å². The summed E-state index contributed by atoms with van der Waals surface area (Å²) in [6, 6.07) is 0. The fraction of sp³-hybridized carbons (Fsp3) is 0.667. The Morgan fingerprint density at radius 3 is 1.88 bits per heavy atom. The predicted molar refractivity (Wildman–Crippen MR) is 64.4 cm³/mol. The normalized spacial score (nSPS) is 12.4. The van der Waals surface area contributed by atoms with Gasteiger partial charge in [-0.1, -0.05) is 26.2 Å². The molecular formula is C12H25HfO3-. The number of rotatable bonds is 2. The second-order valence-electron chi connectivity index (χ2n) is 2.55. The molecule has 3 N–H and O–H groups in total. The van der Waals surface area contributed by atoms with Gasteiger partial charge in [-0.05, 0) is 0 Å². The third-order valence-corrected chi connectivity index (χ3v) is 1.86. The van der Waals surface area contributed by atoms with Crippen molar-refractivity contribution in [1.82, 2.24) is 0 Å². The van der Waals surface area contributed by atoms with Crippen LogP contribution in [0.4, 0.5) is 0 Å². The molecule has 0 aromatic heterocycles. The Kier molecular flexibility index (Phi) is 38.5. The van der Waals surface area contributed by atoms with Gasteiger partial charge in [-0.15, -0.1) is 6.42 Å². The molecule has 0 aromatic carbocycles. The Balaban J connectivity index is -0.0000000900. The summed E-state index contributed by atoms with van der Waals surface area (Å²) >= 11 is 0. The van der Waals surface area contributed by atoms with Gasteiger partial charge >= 0.3 is 0 Å². The van der Waals surface area contributed by atoms with Crippen molar-refractivity contribution in [2.45, 2.75) is 26.7 Å². The Morgan fingerprint density at radius 1 is 1.19 bits per heavy atom. The SMILES string of the molecule is CCC(C)C1=[C-]CC=C1.CO.CO.CO.[Hf]. The maximum atomic E-state index is 7.00. The molecule has 1 aliphatic rings. The number of aliphatic hydroxyl groups excluding tert-OH is 3. The van der Waals surface area contributed by atoms with E-state index >= 15 is 0 Å². The van der Waals surface area contributed by atoms with E-state index in [2.05, 4.69) is 32.1 Å². The minimum Gasteiger partial charge on any atom is -0.400 e. The van der Waals surface area contributed by atoms with Crippen molar-refractivity contribution < 1.29 is 41.2 Å². The van der Waals surface area contributed by atoms with Crippen molar-refractivity contribution in [3.8, 4) is 0 Å². The molecule has 0 aromatic rings. The van der Waals surface area contributed by atoms with Crippen LogP contribution in [-0.2, 0) is 25.8 Å². The molecule has 1 unspecified atom stereocenters. The smallest absolute Gasteiger partial charge is 0.0319 e. The van der Waals surface area contributed by atoms with Crippen LogP contribution in [0.25, 0.3) is 0 Å². The minimum atomic E-state index is 0. The van der Waals surface area contributed by atoms with E-state index in [1.54, 1.807) is 0 Å². The van der Waals surface area contributed by atoms with Gasteiger partial charge in [0.25, 0.3) is 0 Å². The fourth-order valence-electron chi connectivity index (χ4n) is 0.980. The van der Waals surface area contributed by atoms with Gasteiger partial charge in [0.05, 0.1) is 0 Å². The Labute approximate surface area is 119 Å². The standard InChI is InChI=1S/C9H13.3CH4O.Hf/c1-3-8(2)9-6-4-5-7-9;3*1-2;/h4,6,8H,3,5H2,1-2H3;3*2H,1H3;/q-1;;;;. The van der Waals surface area contributed by atoms with E-state index in [0.717, 1.165) is 27.8 Å². The zero-order valence-corrected chi connectivity index (χ0v) is 14.6. The summed E-state index contributed by atoms with van der Waals surface area (Å²) in [5.41, 5.74) is 1.40. The fourth-order valence-corrected chi connectivity index (χ4v) is 0.980. The predicted octanol–water partition coefficient (Wildman–Crippen LogP) is 1.54. The second kappa shape index (κ2) is 24.5. The van der Waals surface area contributed by atoms with Crippen molar-refractivity contribution in [1.29, 1.82) is 0 Å². The van der Waals surface area contributed by atoms with Crippen LogP contribution in [0.1, 0.15) is 26.7 Å². The summed E-state index contributed by atoms with van der Waals surface area (Å²) in [6.45, 7) is 4.46. The monoisotopic (exact) mass is 397 g/mol. The maximum absolute atomic E-state index is 7.00. The van der Waals surface area contributed by atoms with E-state index in [0.29, 0.717) is 5.92 Å². The van der Waals surface area contributed by atoms with Gasteiger partial charge in [0.2, 0.25) is 0 Å². The van der Waals surface area contributed by atoms with Crippen molar-refractivity contribution in [2.24, 2.45) is 5.92 Å². The molecule has 0 amide bonds. The molecule has 0 saturated carbocycles. The maximum Gasteiger partial charge on any atom is 0.0319 e. The van der Waals surface area contributed by atoms with E-state index in [1.807, 2.05) is 0 Å². The average Bonchev–Trinajstić information content (AvgIpc) is 2.89. The molecular weight excluding hydrogens is 371 g/mol. The third-order valence-electron chi connectivity index (χ3n) is 1.86. The number of allylic oxidation sites excluding steroid dienone is 4. The van der Waals surface area contributed by atoms with Crippen LogP contribution >= 0.6 is 0 Å². The molecule has 1 aliphatic carbocycles. The van der Waals surface area contributed by atoms with Gasteiger partial charge in [0.15, 0.2) is 0 Å². The second-order valence-corrected chi connectivity index (χ2v) is 2.55. The van der Waals surface area contributed by atoms with Crippen LogP contribution in [0.5, 0.6) is 0 Å². The van der Waals surface area contributed by atoms with Crippen LogP contribution in [0.2, 0.25) is 0 Å². The molecule has 0 spiro atoms. The number of aliphatic hydroxyl groups is 3. The largest absolute Gasteiger partial charge is 0.400 e. The molecule has 0 fully saturated rings. The molecule has 1 rings (SSSR count). The summed E-state index contributed by atoms with van der Waals surface area (Å²) in [5.74, 6) is 0.712. The Bertz CT molecular complexity index is 156. The third kappa shape index (κ3) is 14.2. The summed E-state index contributed by atoms with van der Waals surface area (Å²) in [6.07, 6.45) is 9.93. The van der Waals surface area contributed by atoms with Crippen LogP contribution < -0.4 is 0 Å². The summed E-state index contributed by atoms with van der Waals surface area (Å²) in [4.78, 5) is 0. The number of hydrogen-bond donors (Lipinski definition) is 3. The van der Waals surface area contributed by atoms with Crippen molar-refractivity contribution in [3.05, 3.63) is 23.8 Å². The average molecular weight is 396 g/mol. The quantitative estimate of drug-likeness (QED) is 0.491. The van der Waals surface area contributed by atoms with Crippen molar-refractivity contribution >= 4 is 0 Å². The molecule has 0 saturated heterocycles. The van der Waals surface area contributed by atoms with Gasteiger partial charge in [-0.2, -0.15) is 6.08 Å². The first-order valence-electron chi connectivity index (χ1n) is 4.96. The van der Waals surface area contributed by atoms with Crippen LogP contribution in [0.3, 0.4) is 0 Å². The molecule has 3 nitrogen and oxygen atoms in total. The molecule has 0 aliphatic heterocycles. The molecule has 4 heteroatoms. The van der Waals surface area contributed by atoms with Crippen LogP contribution in [0, 0.1) is 12.0 Å². The zero-order valence-electron chi connectivity index (χ0n) is 11.0. The van der Waals surface area contributed by atoms with E-state index < -0.39 is 0 Å². The zero-order chi connectivity index (χ0) is 12.7. The number of hydrogen-bond acceptors (Lipinski definition) is 3. The molecule has 0 heterocycles. The van der Waals surface area contributed by atoms with Gasteiger partial charge < -0.3 is 15.3 Å². The molecule has 96 valence electrons. The van der Waals surface area contributed by atoms with Gasteiger partial charge in [-0.25, -0.2) is 11.6 Å². The van der Waals surface area contributed by atoms with Crippen molar-refractivity contribution in [2.75, 3.05) is 21.3 Å². The summed E-state index contributed by atoms with van der Waals surface area (Å²) in [5, 5.41) is 21.0. The van der Waals surface area contributed by atoms with Gasteiger partial charge in [0, 0.05) is 47.2 Å². The van der Waals surface area contributed by atoms with E-state index in [4.69, 9.17) is 15.3 Å². The van der Waals surface area contributed by atoms with E-state index in [9.17, 15) is 0 Å². The van der Waals surface area contributed by atoms with Gasteiger partial charge in [-0.3, -0.25) is 6.08 Å². The summed E-state index contributed by atoms with van der Waals surface area (Å²) < 4.78 is 0. The van der Waals surface area contributed by atoms with Crippen LogP contribution in [0.15, 0.2) is 17.7 Å².